The summed E-state index contributed by atoms with van der Waals surface area (Å²) >= 11 is 0. The van der Waals surface area contributed by atoms with Crippen LogP contribution < -0.4 is 5.32 Å². The first-order valence-corrected chi connectivity index (χ1v) is 10.7. The van der Waals surface area contributed by atoms with Crippen molar-refractivity contribution in [3.05, 3.63) is 17.6 Å². The number of carbonyl (C=O) groups is 1. The van der Waals surface area contributed by atoms with Crippen LogP contribution in [0.25, 0.3) is 0 Å². The van der Waals surface area contributed by atoms with Gasteiger partial charge < -0.3 is 10.2 Å². The first-order chi connectivity index (χ1) is 12.7. The fourth-order valence-electron chi connectivity index (χ4n) is 3.20. The van der Waals surface area contributed by atoms with E-state index in [1.165, 1.54) is 15.5 Å². The number of hydrogen-bond donors (Lipinski definition) is 1. The molecular formula is C17H30N6O3S. The van der Waals surface area contributed by atoms with E-state index in [2.05, 4.69) is 15.3 Å². The average molecular weight is 399 g/mol. The van der Waals surface area contributed by atoms with E-state index in [1.807, 2.05) is 13.8 Å². The van der Waals surface area contributed by atoms with Gasteiger partial charge in [-0.3, -0.25) is 4.79 Å². The molecule has 0 saturated carbocycles. The van der Waals surface area contributed by atoms with Crippen LogP contribution in [-0.4, -0.2) is 71.5 Å². The molecule has 10 heteroatoms. The van der Waals surface area contributed by atoms with Crippen LogP contribution in [0.1, 0.15) is 51.2 Å². The van der Waals surface area contributed by atoms with Crippen molar-refractivity contribution < 1.29 is 13.2 Å². The molecule has 1 aliphatic rings. The van der Waals surface area contributed by atoms with E-state index in [4.69, 9.17) is 0 Å². The van der Waals surface area contributed by atoms with Crippen molar-refractivity contribution in [1.82, 2.24) is 23.5 Å². The van der Waals surface area contributed by atoms with Gasteiger partial charge in [-0.2, -0.15) is 17.0 Å². The normalized spacial score (nSPS) is 18.1. The lowest BCUT2D eigenvalue weighted by Gasteiger charge is -2.29. The zero-order valence-electron chi connectivity index (χ0n) is 16.8. The monoisotopic (exact) mass is 398 g/mol. The average Bonchev–Trinajstić information content (AvgIpc) is 3.12. The second-order valence-corrected chi connectivity index (χ2v) is 8.47. The highest BCUT2D eigenvalue weighted by Gasteiger charge is 2.39. The van der Waals surface area contributed by atoms with Crippen molar-refractivity contribution in [1.29, 1.82) is 0 Å². The van der Waals surface area contributed by atoms with Crippen molar-refractivity contribution in [2.45, 2.75) is 46.2 Å². The van der Waals surface area contributed by atoms with Gasteiger partial charge in [0.15, 0.2) is 0 Å². The molecule has 1 amide bonds. The lowest BCUT2D eigenvalue weighted by atomic mass is 10.2. The molecule has 1 aliphatic heterocycles. The van der Waals surface area contributed by atoms with Crippen LogP contribution in [0, 0.1) is 0 Å². The quantitative estimate of drug-likeness (QED) is 0.707. The molecule has 152 valence electrons. The van der Waals surface area contributed by atoms with Crippen LogP contribution in [0.2, 0.25) is 0 Å². The molecule has 2 rings (SSSR count). The number of carbonyl (C=O) groups excluding carboxylic acids is 1. The Bertz CT molecular complexity index is 766. The molecule has 1 N–H and O–H groups in total. The van der Waals surface area contributed by atoms with E-state index >= 15 is 0 Å². The van der Waals surface area contributed by atoms with E-state index in [0.717, 1.165) is 6.42 Å². The highest BCUT2D eigenvalue weighted by atomic mass is 32.2. The lowest BCUT2D eigenvalue weighted by Crippen LogP contribution is -2.43. The van der Waals surface area contributed by atoms with Crippen molar-refractivity contribution >= 4 is 21.9 Å². The van der Waals surface area contributed by atoms with E-state index in [-0.39, 0.29) is 5.91 Å². The molecule has 1 saturated heterocycles. The summed E-state index contributed by atoms with van der Waals surface area (Å²) in [6, 6.07) is 1.38. The molecule has 0 bridgehead atoms. The third-order valence-corrected chi connectivity index (χ3v) is 7.02. The molecule has 1 aromatic heterocycles. The van der Waals surface area contributed by atoms with Gasteiger partial charge in [-0.15, -0.1) is 0 Å². The molecule has 9 nitrogen and oxygen atoms in total. The number of rotatable bonds is 8. The van der Waals surface area contributed by atoms with Gasteiger partial charge in [0.2, 0.25) is 5.91 Å². The van der Waals surface area contributed by atoms with Crippen LogP contribution in [0.15, 0.2) is 6.07 Å². The Morgan fingerprint density at radius 3 is 2.56 bits per heavy atom. The SMILES string of the molecule is CCN(CC)S(=O)(=O)N1CCCC1c1nc(CN(C)C(C)=O)cc(NC)n1. The largest absolute Gasteiger partial charge is 0.373 e. The standard InChI is InChI=1S/C17H30N6O3S/c1-6-22(7-2)27(25,26)23-10-8-9-15(23)17-19-14(11-16(18-4)20-17)12-21(5)13(3)24/h11,15H,6-10,12H2,1-5H3,(H,18,19,20). The summed E-state index contributed by atoms with van der Waals surface area (Å²) in [5.74, 6) is 1.02. The van der Waals surface area contributed by atoms with Crippen LogP contribution in [0.4, 0.5) is 5.82 Å². The van der Waals surface area contributed by atoms with Gasteiger partial charge in [-0.05, 0) is 12.8 Å². The van der Waals surface area contributed by atoms with Gasteiger partial charge in [-0.1, -0.05) is 13.8 Å². The van der Waals surface area contributed by atoms with E-state index < -0.39 is 16.3 Å². The molecule has 1 atom stereocenters. The second-order valence-electron chi connectivity index (χ2n) is 6.59. The minimum absolute atomic E-state index is 0.0622. The molecule has 2 heterocycles. The van der Waals surface area contributed by atoms with E-state index in [9.17, 15) is 13.2 Å². The molecule has 0 spiro atoms. The first kappa shape index (κ1) is 21.5. The third kappa shape index (κ3) is 4.74. The summed E-state index contributed by atoms with van der Waals surface area (Å²) in [7, 11) is -0.108. The van der Waals surface area contributed by atoms with Crippen LogP contribution >= 0.6 is 0 Å². The summed E-state index contributed by atoms with van der Waals surface area (Å²) in [4.78, 5) is 22.2. The molecule has 1 aromatic rings. The van der Waals surface area contributed by atoms with Crippen molar-refractivity contribution in [2.24, 2.45) is 0 Å². The van der Waals surface area contributed by atoms with Gasteiger partial charge in [0.05, 0.1) is 18.3 Å². The fourth-order valence-corrected chi connectivity index (χ4v) is 5.03. The van der Waals surface area contributed by atoms with Crippen LogP contribution in [0.5, 0.6) is 0 Å². The minimum Gasteiger partial charge on any atom is -0.373 e. The summed E-state index contributed by atoms with van der Waals surface area (Å²) in [6.45, 7) is 6.81. The van der Waals surface area contributed by atoms with Gasteiger partial charge in [0.25, 0.3) is 10.2 Å². The fraction of sp³-hybridized carbons (Fsp3) is 0.706. The Balaban J connectivity index is 2.39. The number of hydrogen-bond acceptors (Lipinski definition) is 6. The molecule has 1 fully saturated rings. The topological polar surface area (TPSA) is 98.7 Å². The smallest absolute Gasteiger partial charge is 0.282 e. The summed E-state index contributed by atoms with van der Waals surface area (Å²) in [6.07, 6.45) is 1.44. The van der Waals surface area contributed by atoms with Gasteiger partial charge >= 0.3 is 0 Å². The minimum atomic E-state index is -3.57. The van der Waals surface area contributed by atoms with Crippen molar-refractivity contribution in [2.75, 3.05) is 39.0 Å². The first-order valence-electron chi connectivity index (χ1n) is 9.28. The lowest BCUT2D eigenvalue weighted by molar-refractivity contribution is -0.128. The van der Waals surface area contributed by atoms with Crippen molar-refractivity contribution in [3.8, 4) is 0 Å². The highest BCUT2D eigenvalue weighted by molar-refractivity contribution is 7.86. The zero-order valence-corrected chi connectivity index (χ0v) is 17.6. The second kappa shape index (κ2) is 8.94. The Morgan fingerprint density at radius 2 is 2.00 bits per heavy atom. The summed E-state index contributed by atoms with van der Waals surface area (Å²) in [5.41, 5.74) is 0.675. The van der Waals surface area contributed by atoms with E-state index in [0.29, 0.717) is 49.9 Å². The molecule has 0 radical (unpaired) electrons. The number of nitrogens with one attached hydrogen (secondary N) is 1. The van der Waals surface area contributed by atoms with E-state index in [1.54, 1.807) is 25.1 Å². The Morgan fingerprint density at radius 1 is 1.33 bits per heavy atom. The van der Waals surface area contributed by atoms with Crippen LogP contribution in [-0.2, 0) is 21.5 Å². The number of nitrogens with zero attached hydrogens (tertiary/aromatic N) is 5. The molecule has 1 unspecified atom stereocenters. The van der Waals surface area contributed by atoms with Crippen LogP contribution in [0.3, 0.4) is 0 Å². The molecule has 27 heavy (non-hydrogen) atoms. The number of aromatic nitrogens is 2. The van der Waals surface area contributed by atoms with Gasteiger partial charge in [0, 0.05) is 46.7 Å². The van der Waals surface area contributed by atoms with Gasteiger partial charge in [0.1, 0.15) is 11.6 Å². The summed E-state index contributed by atoms with van der Waals surface area (Å²) < 4.78 is 29.0. The number of amides is 1. The third-order valence-electron chi connectivity index (χ3n) is 4.82. The Kier molecular flexibility index (Phi) is 7.12. The zero-order chi connectivity index (χ0) is 20.2. The van der Waals surface area contributed by atoms with Crippen molar-refractivity contribution in [3.63, 3.8) is 0 Å². The predicted molar refractivity (Wildman–Crippen MR) is 104 cm³/mol. The predicted octanol–water partition coefficient (Wildman–Crippen LogP) is 1.22. The maximum atomic E-state index is 13.0. The molecule has 0 aliphatic carbocycles. The number of anilines is 1. The summed E-state index contributed by atoms with van der Waals surface area (Å²) in [5, 5.41) is 3.00. The maximum absolute atomic E-state index is 13.0. The Labute approximate surface area is 161 Å². The molecule has 0 aromatic carbocycles. The Hall–Kier alpha value is -1.78. The van der Waals surface area contributed by atoms with Gasteiger partial charge in [-0.25, -0.2) is 9.97 Å². The molecular weight excluding hydrogens is 368 g/mol. The maximum Gasteiger partial charge on any atom is 0.282 e. The highest BCUT2D eigenvalue weighted by Crippen LogP contribution is 2.34.